The van der Waals surface area contributed by atoms with Crippen LogP contribution in [0.2, 0.25) is 0 Å². The Morgan fingerprint density at radius 2 is 2.39 bits per heavy atom. The summed E-state index contributed by atoms with van der Waals surface area (Å²) in [7, 11) is 0. The lowest BCUT2D eigenvalue weighted by Crippen LogP contribution is -2.60. The Kier molecular flexibility index (Phi) is 3.87. The molecule has 120 valence electrons. The molecule has 2 fully saturated rings. The lowest BCUT2D eigenvalue weighted by molar-refractivity contribution is 0.0254. The molecular weight excluding hydrogens is 312 g/mol. The smallest absolute Gasteiger partial charge is 0.257 e. The molecule has 1 amide bonds. The molecule has 2 aliphatic rings. The first kappa shape index (κ1) is 14.8. The third kappa shape index (κ3) is 3.01. The molecule has 1 atom stereocenters. The predicted molar refractivity (Wildman–Crippen MR) is 87.2 cm³/mol. The zero-order valence-corrected chi connectivity index (χ0v) is 13.5. The number of carbonyl (C=O) groups is 1. The van der Waals surface area contributed by atoms with Crippen LogP contribution < -0.4 is 0 Å². The van der Waals surface area contributed by atoms with Crippen molar-refractivity contribution in [1.82, 2.24) is 9.88 Å². The molecule has 0 bridgehead atoms. The van der Waals surface area contributed by atoms with Crippen molar-refractivity contribution in [2.24, 2.45) is 0 Å². The number of hydrogen-bond acceptors (Lipinski definition) is 5. The molecule has 0 aliphatic carbocycles. The normalized spacial score (nSPS) is 22.3. The van der Waals surface area contributed by atoms with Crippen molar-refractivity contribution in [3.8, 4) is 0 Å². The Balaban J connectivity index is 1.27. The van der Waals surface area contributed by atoms with E-state index in [9.17, 15) is 4.79 Å². The van der Waals surface area contributed by atoms with Gasteiger partial charge in [0.15, 0.2) is 0 Å². The monoisotopic (exact) mass is 330 g/mol. The number of rotatable bonds is 4. The Morgan fingerprint density at radius 1 is 1.48 bits per heavy atom. The van der Waals surface area contributed by atoms with Crippen LogP contribution in [0.25, 0.3) is 0 Å². The number of furan rings is 1. The SMILES string of the molecule is O=C(c1ccoc1)N1CC2(C[C@H](OCc3cccnc3)CS2)C1. The summed E-state index contributed by atoms with van der Waals surface area (Å²) in [6.07, 6.45) is 7.92. The number of pyridine rings is 1. The van der Waals surface area contributed by atoms with Gasteiger partial charge in [0.2, 0.25) is 0 Å². The molecule has 5 nitrogen and oxygen atoms in total. The van der Waals surface area contributed by atoms with E-state index in [1.54, 1.807) is 12.3 Å². The number of ether oxygens (including phenoxy) is 1. The third-order valence-corrected chi connectivity index (χ3v) is 5.97. The summed E-state index contributed by atoms with van der Waals surface area (Å²) >= 11 is 1.94. The number of nitrogens with zero attached hydrogens (tertiary/aromatic N) is 2. The second-order valence-corrected chi connectivity index (χ2v) is 7.65. The summed E-state index contributed by atoms with van der Waals surface area (Å²) in [5.74, 6) is 1.05. The van der Waals surface area contributed by atoms with Crippen molar-refractivity contribution in [3.05, 3.63) is 54.2 Å². The van der Waals surface area contributed by atoms with Crippen LogP contribution in [-0.4, -0.2) is 45.5 Å². The summed E-state index contributed by atoms with van der Waals surface area (Å²) in [6, 6.07) is 5.67. The number of amides is 1. The maximum absolute atomic E-state index is 12.2. The van der Waals surface area contributed by atoms with Crippen LogP contribution in [0.4, 0.5) is 0 Å². The van der Waals surface area contributed by atoms with Gasteiger partial charge in [0.25, 0.3) is 5.91 Å². The number of carbonyl (C=O) groups excluding carboxylic acids is 1. The molecule has 2 aromatic rings. The van der Waals surface area contributed by atoms with Gasteiger partial charge in [-0.25, -0.2) is 0 Å². The molecule has 0 aromatic carbocycles. The first-order valence-corrected chi connectivity index (χ1v) is 8.69. The second-order valence-electron chi connectivity index (χ2n) is 6.17. The van der Waals surface area contributed by atoms with Gasteiger partial charge < -0.3 is 14.1 Å². The van der Waals surface area contributed by atoms with Gasteiger partial charge in [0, 0.05) is 31.2 Å². The zero-order chi connectivity index (χ0) is 15.7. The van der Waals surface area contributed by atoms with Gasteiger partial charge >= 0.3 is 0 Å². The number of thioether (sulfide) groups is 1. The van der Waals surface area contributed by atoms with Crippen molar-refractivity contribution in [2.45, 2.75) is 23.9 Å². The summed E-state index contributed by atoms with van der Waals surface area (Å²) < 4.78 is 11.2. The number of hydrogen-bond donors (Lipinski definition) is 0. The Bertz CT molecular complexity index is 668. The molecule has 0 unspecified atom stereocenters. The minimum Gasteiger partial charge on any atom is -0.472 e. The molecule has 23 heavy (non-hydrogen) atoms. The van der Waals surface area contributed by atoms with E-state index in [4.69, 9.17) is 9.15 Å². The van der Waals surface area contributed by atoms with E-state index in [0.29, 0.717) is 12.2 Å². The van der Waals surface area contributed by atoms with Crippen LogP contribution in [0.15, 0.2) is 47.5 Å². The van der Waals surface area contributed by atoms with Crippen molar-refractivity contribution in [1.29, 1.82) is 0 Å². The Labute approximate surface area is 139 Å². The lowest BCUT2D eigenvalue weighted by atomic mass is 9.92. The van der Waals surface area contributed by atoms with Gasteiger partial charge in [-0.1, -0.05) is 6.07 Å². The van der Waals surface area contributed by atoms with E-state index in [0.717, 1.165) is 30.8 Å². The van der Waals surface area contributed by atoms with Crippen LogP contribution in [0, 0.1) is 0 Å². The summed E-state index contributed by atoms with van der Waals surface area (Å²) in [4.78, 5) is 18.2. The van der Waals surface area contributed by atoms with Gasteiger partial charge in [-0.3, -0.25) is 9.78 Å². The molecule has 0 N–H and O–H groups in total. The highest BCUT2D eigenvalue weighted by Crippen LogP contribution is 2.46. The molecule has 1 spiro atoms. The Morgan fingerprint density at radius 3 is 3.13 bits per heavy atom. The molecule has 4 rings (SSSR count). The molecule has 6 heteroatoms. The molecule has 0 saturated carbocycles. The van der Waals surface area contributed by atoms with E-state index < -0.39 is 0 Å². The first-order chi connectivity index (χ1) is 11.2. The first-order valence-electron chi connectivity index (χ1n) is 7.70. The van der Waals surface area contributed by atoms with E-state index in [1.165, 1.54) is 12.5 Å². The standard InChI is InChI=1S/C17H18N2O3S/c20-16(14-3-5-21-9-14)19-11-17(12-19)6-15(10-23-17)22-8-13-2-1-4-18-7-13/h1-5,7,9,15H,6,8,10-12H2/t15-/m0/s1. The second kappa shape index (κ2) is 6.02. The Hall–Kier alpha value is -1.79. The maximum Gasteiger partial charge on any atom is 0.257 e. The fourth-order valence-corrected chi connectivity index (χ4v) is 4.74. The minimum atomic E-state index is 0.0599. The van der Waals surface area contributed by atoms with Crippen molar-refractivity contribution < 1.29 is 13.9 Å². The maximum atomic E-state index is 12.2. The molecule has 2 aliphatic heterocycles. The van der Waals surface area contributed by atoms with Crippen molar-refractivity contribution in [2.75, 3.05) is 18.8 Å². The quantitative estimate of drug-likeness (QED) is 0.862. The zero-order valence-electron chi connectivity index (χ0n) is 12.7. The van der Waals surface area contributed by atoms with Crippen molar-refractivity contribution >= 4 is 17.7 Å². The predicted octanol–water partition coefficient (Wildman–Crippen LogP) is 2.59. The van der Waals surface area contributed by atoms with Gasteiger partial charge in [0.05, 0.1) is 29.3 Å². The highest BCUT2D eigenvalue weighted by atomic mass is 32.2. The summed E-state index contributed by atoms with van der Waals surface area (Å²) in [5, 5.41) is 0. The van der Waals surface area contributed by atoms with Crippen LogP contribution in [-0.2, 0) is 11.3 Å². The molecule has 2 saturated heterocycles. The van der Waals surface area contributed by atoms with Gasteiger partial charge in [0.1, 0.15) is 6.26 Å². The minimum absolute atomic E-state index is 0.0599. The summed E-state index contributed by atoms with van der Waals surface area (Å²) in [6.45, 7) is 2.20. The lowest BCUT2D eigenvalue weighted by Gasteiger charge is -2.47. The number of likely N-dealkylation sites (tertiary alicyclic amines) is 1. The van der Waals surface area contributed by atoms with Crippen LogP contribution in [0.5, 0.6) is 0 Å². The van der Waals surface area contributed by atoms with E-state index in [1.807, 2.05) is 35.0 Å². The highest BCUT2D eigenvalue weighted by Gasteiger charge is 2.51. The van der Waals surface area contributed by atoms with Gasteiger partial charge in [-0.2, -0.15) is 0 Å². The van der Waals surface area contributed by atoms with Crippen LogP contribution >= 0.6 is 11.8 Å². The molecule has 0 radical (unpaired) electrons. The average molecular weight is 330 g/mol. The number of aromatic nitrogens is 1. The van der Waals surface area contributed by atoms with Crippen LogP contribution in [0.3, 0.4) is 0 Å². The molecule has 2 aromatic heterocycles. The third-order valence-electron chi connectivity index (χ3n) is 4.40. The highest BCUT2D eigenvalue weighted by molar-refractivity contribution is 8.01. The molecular formula is C17H18N2O3S. The fourth-order valence-electron chi connectivity index (χ4n) is 3.19. The molecule has 4 heterocycles. The summed E-state index contributed by atoms with van der Waals surface area (Å²) in [5.41, 5.74) is 1.73. The average Bonchev–Trinajstić information content (AvgIpc) is 3.22. The van der Waals surface area contributed by atoms with E-state index in [2.05, 4.69) is 4.98 Å². The topological polar surface area (TPSA) is 55.6 Å². The van der Waals surface area contributed by atoms with Crippen molar-refractivity contribution in [3.63, 3.8) is 0 Å². The van der Waals surface area contributed by atoms with Gasteiger partial charge in [-0.05, 0) is 24.1 Å². The van der Waals surface area contributed by atoms with Crippen LogP contribution in [0.1, 0.15) is 22.3 Å². The largest absolute Gasteiger partial charge is 0.472 e. The fraction of sp³-hybridized carbons (Fsp3) is 0.412. The van der Waals surface area contributed by atoms with E-state index in [-0.39, 0.29) is 16.8 Å². The van der Waals surface area contributed by atoms with Gasteiger partial charge in [-0.15, -0.1) is 11.8 Å². The van der Waals surface area contributed by atoms with E-state index >= 15 is 0 Å².